The summed E-state index contributed by atoms with van der Waals surface area (Å²) >= 11 is 0. The molecule has 1 fully saturated rings. The Morgan fingerprint density at radius 1 is 1.11 bits per heavy atom. The number of rotatable bonds is 6. The molecule has 0 aromatic heterocycles. The second-order valence-electron chi connectivity index (χ2n) is 6.59. The number of aliphatic imine (C=N–C) groups is 1. The second-order valence-corrected chi connectivity index (χ2v) is 6.59. The molecule has 2 N–H and O–H groups in total. The molecule has 7 heteroatoms. The van der Waals surface area contributed by atoms with Crippen molar-refractivity contribution in [3.05, 3.63) is 54.3 Å². The molecule has 0 unspecified atom stereocenters. The highest BCUT2D eigenvalue weighted by atomic mass is 19.1. The highest BCUT2D eigenvalue weighted by Crippen LogP contribution is 2.27. The van der Waals surface area contributed by atoms with E-state index in [1.54, 1.807) is 25.2 Å². The highest BCUT2D eigenvalue weighted by molar-refractivity contribution is 5.80. The molecule has 0 saturated carbocycles. The van der Waals surface area contributed by atoms with Crippen LogP contribution in [0, 0.1) is 5.82 Å². The van der Waals surface area contributed by atoms with Crippen LogP contribution in [-0.4, -0.2) is 62.3 Å². The number of guanidine groups is 1. The van der Waals surface area contributed by atoms with Crippen molar-refractivity contribution >= 4 is 11.6 Å². The molecule has 1 aliphatic rings. The van der Waals surface area contributed by atoms with E-state index >= 15 is 0 Å². The summed E-state index contributed by atoms with van der Waals surface area (Å²) in [4.78, 5) is 8.78. The fraction of sp³-hybridized carbons (Fsp3) is 0.381. The van der Waals surface area contributed by atoms with Gasteiger partial charge >= 0.3 is 0 Å². The van der Waals surface area contributed by atoms with Gasteiger partial charge in [-0.25, -0.2) is 4.39 Å². The lowest BCUT2D eigenvalue weighted by Gasteiger charge is -2.37. The van der Waals surface area contributed by atoms with E-state index in [1.165, 1.54) is 12.1 Å². The third-order valence-corrected chi connectivity index (χ3v) is 4.70. The molecule has 3 rings (SSSR count). The van der Waals surface area contributed by atoms with Gasteiger partial charge in [-0.05, 0) is 42.8 Å². The van der Waals surface area contributed by atoms with Crippen LogP contribution in [0.1, 0.15) is 6.42 Å². The largest absolute Gasteiger partial charge is 0.506 e. The Labute approximate surface area is 165 Å². The summed E-state index contributed by atoms with van der Waals surface area (Å²) in [6, 6.07) is 13.5. The molecular formula is C21H27FN4O2. The van der Waals surface area contributed by atoms with E-state index in [4.69, 9.17) is 4.74 Å². The van der Waals surface area contributed by atoms with Crippen LogP contribution < -0.4 is 15.0 Å². The first-order valence-corrected chi connectivity index (χ1v) is 9.54. The fourth-order valence-corrected chi connectivity index (χ4v) is 3.22. The first-order chi connectivity index (χ1) is 13.7. The minimum atomic E-state index is -0.264. The van der Waals surface area contributed by atoms with Gasteiger partial charge < -0.3 is 25.0 Å². The topological polar surface area (TPSA) is 60.3 Å². The third-order valence-electron chi connectivity index (χ3n) is 4.70. The average molecular weight is 386 g/mol. The molecule has 0 bridgehead atoms. The van der Waals surface area contributed by atoms with Gasteiger partial charge in [-0.3, -0.25) is 4.99 Å². The number of para-hydroxylation sites is 2. The van der Waals surface area contributed by atoms with Gasteiger partial charge in [0, 0.05) is 39.8 Å². The highest BCUT2D eigenvalue weighted by Gasteiger charge is 2.21. The van der Waals surface area contributed by atoms with E-state index in [0.29, 0.717) is 18.1 Å². The lowest BCUT2D eigenvalue weighted by atomic mass is 10.2. The number of nitrogens with one attached hydrogen (secondary N) is 1. The molecule has 150 valence electrons. The smallest absolute Gasteiger partial charge is 0.193 e. The quantitative estimate of drug-likeness (QED) is 0.454. The van der Waals surface area contributed by atoms with E-state index in [9.17, 15) is 9.50 Å². The lowest BCUT2D eigenvalue weighted by Crippen LogP contribution is -2.52. The number of piperazine rings is 1. The number of phenols is 1. The number of hydrogen-bond donors (Lipinski definition) is 2. The lowest BCUT2D eigenvalue weighted by molar-refractivity contribution is 0.308. The average Bonchev–Trinajstić information content (AvgIpc) is 2.73. The summed E-state index contributed by atoms with van der Waals surface area (Å²) < 4.78 is 18.5. The molecule has 0 atom stereocenters. The second kappa shape index (κ2) is 9.82. The van der Waals surface area contributed by atoms with Crippen molar-refractivity contribution in [1.29, 1.82) is 0 Å². The van der Waals surface area contributed by atoms with Gasteiger partial charge in [-0.2, -0.15) is 0 Å². The zero-order chi connectivity index (χ0) is 19.8. The Morgan fingerprint density at radius 2 is 1.82 bits per heavy atom. The number of nitrogens with zero attached hydrogens (tertiary/aromatic N) is 3. The Morgan fingerprint density at radius 3 is 2.50 bits per heavy atom. The normalized spacial score (nSPS) is 14.9. The number of ether oxygens (including phenoxy) is 1. The number of hydrogen-bond acceptors (Lipinski definition) is 4. The van der Waals surface area contributed by atoms with E-state index < -0.39 is 0 Å². The van der Waals surface area contributed by atoms with Gasteiger partial charge in [0.25, 0.3) is 0 Å². The van der Waals surface area contributed by atoms with E-state index in [1.807, 2.05) is 18.2 Å². The SMILES string of the molecule is CN=C(NCCCOc1ccc(F)cc1)N1CCN(c2ccccc2O)CC1. The van der Waals surface area contributed by atoms with E-state index in [-0.39, 0.29) is 5.82 Å². The molecule has 1 saturated heterocycles. The predicted octanol–water partition coefficient (Wildman–Crippen LogP) is 2.70. The summed E-state index contributed by atoms with van der Waals surface area (Å²) in [5, 5.41) is 13.4. The van der Waals surface area contributed by atoms with Crippen molar-refractivity contribution in [3.8, 4) is 11.5 Å². The van der Waals surface area contributed by atoms with Crippen molar-refractivity contribution in [2.45, 2.75) is 6.42 Å². The first-order valence-electron chi connectivity index (χ1n) is 9.54. The van der Waals surface area contributed by atoms with Crippen LogP contribution in [0.3, 0.4) is 0 Å². The first kappa shape index (κ1) is 19.8. The Hall–Kier alpha value is -2.96. The Balaban J connectivity index is 1.39. The molecule has 6 nitrogen and oxygen atoms in total. The Bertz CT molecular complexity index is 774. The van der Waals surface area contributed by atoms with Gasteiger partial charge in [0.05, 0.1) is 12.3 Å². The molecular weight excluding hydrogens is 359 g/mol. The minimum Gasteiger partial charge on any atom is -0.506 e. The van der Waals surface area contributed by atoms with Crippen LogP contribution in [0.5, 0.6) is 11.5 Å². The standard InChI is InChI=1S/C21H27FN4O2/c1-23-21(24-11-4-16-28-18-9-7-17(22)8-10-18)26-14-12-25(13-15-26)19-5-2-3-6-20(19)27/h2-3,5-10,27H,4,11-16H2,1H3,(H,23,24). The number of phenolic OH excluding ortho intramolecular Hbond substituents is 1. The fourth-order valence-electron chi connectivity index (χ4n) is 3.22. The van der Waals surface area contributed by atoms with E-state index in [0.717, 1.165) is 50.8 Å². The van der Waals surface area contributed by atoms with Crippen LogP contribution >= 0.6 is 0 Å². The van der Waals surface area contributed by atoms with Crippen LogP contribution in [-0.2, 0) is 0 Å². The maximum Gasteiger partial charge on any atom is 0.193 e. The maximum atomic E-state index is 12.9. The monoisotopic (exact) mass is 386 g/mol. The van der Waals surface area contributed by atoms with Crippen LogP contribution in [0.25, 0.3) is 0 Å². The Kier molecular flexibility index (Phi) is 6.94. The number of anilines is 1. The molecule has 2 aromatic rings. The minimum absolute atomic E-state index is 0.264. The number of benzene rings is 2. The molecule has 0 amide bonds. The number of aromatic hydroxyl groups is 1. The van der Waals surface area contributed by atoms with Crippen LogP contribution in [0.15, 0.2) is 53.5 Å². The van der Waals surface area contributed by atoms with Crippen LogP contribution in [0.2, 0.25) is 0 Å². The van der Waals surface area contributed by atoms with Crippen molar-refractivity contribution in [2.75, 3.05) is 51.3 Å². The van der Waals surface area contributed by atoms with Crippen molar-refractivity contribution < 1.29 is 14.2 Å². The summed E-state index contributed by atoms with van der Waals surface area (Å²) in [6.07, 6.45) is 0.814. The summed E-state index contributed by atoms with van der Waals surface area (Å²) in [7, 11) is 1.78. The zero-order valence-electron chi connectivity index (χ0n) is 16.1. The molecule has 0 aliphatic carbocycles. The summed E-state index contributed by atoms with van der Waals surface area (Å²) in [5.41, 5.74) is 0.878. The van der Waals surface area contributed by atoms with Crippen molar-refractivity contribution in [1.82, 2.24) is 10.2 Å². The molecule has 1 heterocycles. The molecule has 0 spiro atoms. The van der Waals surface area contributed by atoms with Crippen molar-refractivity contribution in [3.63, 3.8) is 0 Å². The molecule has 0 radical (unpaired) electrons. The van der Waals surface area contributed by atoms with Crippen LogP contribution in [0.4, 0.5) is 10.1 Å². The molecule has 28 heavy (non-hydrogen) atoms. The van der Waals surface area contributed by atoms with Gasteiger partial charge in [0.15, 0.2) is 5.96 Å². The molecule has 2 aromatic carbocycles. The van der Waals surface area contributed by atoms with Crippen molar-refractivity contribution in [2.24, 2.45) is 4.99 Å². The number of halogens is 1. The van der Waals surface area contributed by atoms with Gasteiger partial charge in [-0.1, -0.05) is 12.1 Å². The maximum absolute atomic E-state index is 12.9. The van der Waals surface area contributed by atoms with Gasteiger partial charge in [0.1, 0.15) is 17.3 Å². The molecule has 1 aliphatic heterocycles. The summed E-state index contributed by atoms with van der Waals surface area (Å²) in [6.45, 7) is 4.61. The van der Waals surface area contributed by atoms with Gasteiger partial charge in [-0.15, -0.1) is 0 Å². The summed E-state index contributed by atoms with van der Waals surface area (Å²) in [5.74, 6) is 1.60. The third kappa shape index (κ3) is 5.28. The predicted molar refractivity (Wildman–Crippen MR) is 110 cm³/mol. The zero-order valence-corrected chi connectivity index (χ0v) is 16.1. The van der Waals surface area contributed by atoms with Gasteiger partial charge in [0.2, 0.25) is 0 Å². The van der Waals surface area contributed by atoms with E-state index in [2.05, 4.69) is 20.1 Å².